The molecule has 0 aliphatic rings. The molecule has 154 valence electrons. The lowest BCUT2D eigenvalue weighted by Gasteiger charge is -2.08. The second-order valence-electron chi connectivity index (χ2n) is 6.94. The van der Waals surface area contributed by atoms with Crippen LogP contribution in [0.25, 0.3) is 21.6 Å². The maximum Gasteiger partial charge on any atom is 0.281 e. The van der Waals surface area contributed by atoms with Crippen LogP contribution < -0.4 is 11.0 Å². The summed E-state index contributed by atoms with van der Waals surface area (Å²) in [4.78, 5) is 31.1. The Bertz CT molecular complexity index is 1320. The van der Waals surface area contributed by atoms with Gasteiger partial charge in [0.05, 0.1) is 11.1 Å². The summed E-state index contributed by atoms with van der Waals surface area (Å²) in [6.45, 7) is 5.86. The smallest absolute Gasteiger partial charge is 0.281 e. The van der Waals surface area contributed by atoms with E-state index in [0.29, 0.717) is 15.4 Å². The van der Waals surface area contributed by atoms with Gasteiger partial charge in [0.25, 0.3) is 5.56 Å². The standard InChI is InChI=1S/C20H20N6O2S2/c1-11-6-5-7-14(8-11)17-22-23-20(25(17)4)29-9-15(27)24-26-10-21-18-16(19(26)28)12(2)13(3)30-18/h5-8,10H,9H2,1-4H3,(H,24,27). The van der Waals surface area contributed by atoms with E-state index in [1.54, 1.807) is 0 Å². The van der Waals surface area contributed by atoms with Crippen molar-refractivity contribution in [3.05, 3.63) is 57.0 Å². The van der Waals surface area contributed by atoms with E-state index >= 15 is 0 Å². The molecule has 1 aromatic carbocycles. The Kier molecular flexibility index (Phi) is 5.44. The molecular weight excluding hydrogens is 420 g/mol. The minimum Gasteiger partial charge on any atom is -0.305 e. The summed E-state index contributed by atoms with van der Waals surface area (Å²) >= 11 is 2.73. The number of nitrogens with one attached hydrogen (secondary N) is 1. The molecule has 0 spiro atoms. The number of thioether (sulfide) groups is 1. The van der Waals surface area contributed by atoms with Crippen molar-refractivity contribution in [3.8, 4) is 11.4 Å². The molecule has 0 aliphatic carbocycles. The quantitative estimate of drug-likeness (QED) is 0.480. The molecule has 1 amide bonds. The van der Waals surface area contributed by atoms with Gasteiger partial charge in [-0.15, -0.1) is 21.5 Å². The van der Waals surface area contributed by atoms with E-state index in [9.17, 15) is 9.59 Å². The van der Waals surface area contributed by atoms with Crippen molar-refractivity contribution in [1.29, 1.82) is 0 Å². The summed E-state index contributed by atoms with van der Waals surface area (Å²) in [5, 5.41) is 9.60. The van der Waals surface area contributed by atoms with E-state index in [1.165, 1.54) is 29.4 Å². The van der Waals surface area contributed by atoms with Crippen LogP contribution in [0.15, 0.2) is 40.5 Å². The molecule has 8 nitrogen and oxygen atoms in total. The fourth-order valence-electron chi connectivity index (χ4n) is 3.09. The number of hydrogen-bond donors (Lipinski definition) is 1. The Morgan fingerprint density at radius 2 is 2.03 bits per heavy atom. The fraction of sp³-hybridized carbons (Fsp3) is 0.250. The minimum atomic E-state index is -0.326. The maximum absolute atomic E-state index is 12.7. The van der Waals surface area contributed by atoms with E-state index in [0.717, 1.165) is 32.1 Å². The Balaban J connectivity index is 1.47. The average Bonchev–Trinajstić information content (AvgIpc) is 3.22. The van der Waals surface area contributed by atoms with Crippen LogP contribution >= 0.6 is 23.1 Å². The van der Waals surface area contributed by atoms with Gasteiger partial charge < -0.3 is 4.57 Å². The lowest BCUT2D eigenvalue weighted by atomic mass is 10.1. The van der Waals surface area contributed by atoms with Crippen molar-refractivity contribution < 1.29 is 4.79 Å². The number of nitrogens with zero attached hydrogens (tertiary/aromatic N) is 5. The zero-order valence-electron chi connectivity index (χ0n) is 17.0. The summed E-state index contributed by atoms with van der Waals surface area (Å²) in [6.07, 6.45) is 1.35. The number of carbonyl (C=O) groups is 1. The molecule has 4 rings (SSSR count). The summed E-state index contributed by atoms with van der Waals surface area (Å²) in [5.41, 5.74) is 5.32. The van der Waals surface area contributed by atoms with Gasteiger partial charge in [0.1, 0.15) is 11.2 Å². The number of rotatable bonds is 5. The van der Waals surface area contributed by atoms with Gasteiger partial charge in [-0.2, -0.15) is 0 Å². The minimum absolute atomic E-state index is 0.0892. The molecule has 0 radical (unpaired) electrons. The van der Waals surface area contributed by atoms with E-state index in [4.69, 9.17) is 0 Å². The van der Waals surface area contributed by atoms with Gasteiger partial charge in [-0.3, -0.25) is 15.0 Å². The summed E-state index contributed by atoms with van der Waals surface area (Å²) in [7, 11) is 1.86. The second-order valence-corrected chi connectivity index (χ2v) is 9.09. The van der Waals surface area contributed by atoms with Gasteiger partial charge in [-0.1, -0.05) is 35.5 Å². The lowest BCUT2D eigenvalue weighted by Crippen LogP contribution is -2.34. The molecular formula is C20H20N6O2S2. The molecule has 4 aromatic rings. The van der Waals surface area contributed by atoms with Crippen molar-refractivity contribution in [1.82, 2.24) is 24.4 Å². The third-order valence-electron chi connectivity index (χ3n) is 4.78. The summed E-state index contributed by atoms with van der Waals surface area (Å²) in [5.74, 6) is 0.495. The molecule has 0 atom stereocenters. The first-order valence-corrected chi connectivity index (χ1v) is 11.0. The zero-order valence-corrected chi connectivity index (χ0v) is 18.6. The normalized spacial score (nSPS) is 11.2. The number of benzene rings is 1. The monoisotopic (exact) mass is 440 g/mol. The van der Waals surface area contributed by atoms with E-state index in [-0.39, 0.29) is 17.2 Å². The van der Waals surface area contributed by atoms with E-state index < -0.39 is 0 Å². The molecule has 30 heavy (non-hydrogen) atoms. The van der Waals surface area contributed by atoms with Crippen molar-refractivity contribution in [2.75, 3.05) is 11.2 Å². The first-order chi connectivity index (χ1) is 14.3. The Labute approximate surface area is 180 Å². The largest absolute Gasteiger partial charge is 0.305 e. The number of thiophene rings is 1. The second kappa shape index (κ2) is 8.04. The highest BCUT2D eigenvalue weighted by Gasteiger charge is 2.15. The Morgan fingerprint density at radius 1 is 1.23 bits per heavy atom. The summed E-state index contributed by atoms with van der Waals surface area (Å²) < 4.78 is 2.99. The predicted octanol–water partition coefficient (Wildman–Crippen LogP) is 3.04. The SMILES string of the molecule is Cc1cccc(-c2nnc(SCC(=O)Nn3cnc4sc(C)c(C)c4c3=O)n2C)c1. The Morgan fingerprint density at radius 3 is 2.80 bits per heavy atom. The summed E-state index contributed by atoms with van der Waals surface area (Å²) in [6, 6.07) is 8.00. The highest BCUT2D eigenvalue weighted by Crippen LogP contribution is 2.25. The first-order valence-electron chi connectivity index (χ1n) is 9.21. The Hall–Kier alpha value is -2.98. The van der Waals surface area contributed by atoms with Crippen LogP contribution in [0.4, 0.5) is 0 Å². The van der Waals surface area contributed by atoms with Crippen molar-refractivity contribution in [2.24, 2.45) is 7.05 Å². The number of fused-ring (bicyclic) bond motifs is 1. The number of carbonyl (C=O) groups excluding carboxylic acids is 1. The van der Waals surface area contributed by atoms with Crippen LogP contribution in [0, 0.1) is 20.8 Å². The van der Waals surface area contributed by atoms with E-state index in [2.05, 4.69) is 20.6 Å². The highest BCUT2D eigenvalue weighted by molar-refractivity contribution is 7.99. The molecule has 3 aromatic heterocycles. The highest BCUT2D eigenvalue weighted by atomic mass is 32.2. The van der Waals surface area contributed by atoms with Crippen LogP contribution in [-0.4, -0.2) is 36.1 Å². The molecule has 0 saturated carbocycles. The molecule has 0 fully saturated rings. The van der Waals surface area contributed by atoms with Gasteiger partial charge in [0.2, 0.25) is 5.91 Å². The van der Waals surface area contributed by atoms with Gasteiger partial charge >= 0.3 is 0 Å². The topological polar surface area (TPSA) is 94.7 Å². The van der Waals surface area contributed by atoms with E-state index in [1.807, 2.05) is 56.7 Å². The molecule has 0 saturated heterocycles. The molecule has 3 heterocycles. The fourth-order valence-corrected chi connectivity index (χ4v) is 4.78. The number of hydrogen-bond acceptors (Lipinski definition) is 7. The van der Waals surface area contributed by atoms with Gasteiger partial charge in [-0.25, -0.2) is 9.66 Å². The molecule has 0 aliphatic heterocycles. The molecule has 0 unspecified atom stereocenters. The van der Waals surface area contributed by atoms with Crippen LogP contribution in [0.2, 0.25) is 0 Å². The van der Waals surface area contributed by atoms with Crippen LogP contribution in [0.3, 0.4) is 0 Å². The third kappa shape index (κ3) is 3.75. The number of aromatic nitrogens is 5. The van der Waals surface area contributed by atoms with Crippen molar-refractivity contribution >= 4 is 39.2 Å². The van der Waals surface area contributed by atoms with Crippen molar-refractivity contribution in [3.63, 3.8) is 0 Å². The third-order valence-corrected chi connectivity index (χ3v) is 6.91. The maximum atomic E-state index is 12.7. The molecule has 1 N–H and O–H groups in total. The van der Waals surface area contributed by atoms with Gasteiger partial charge in [0, 0.05) is 17.5 Å². The number of aryl methyl sites for hydroxylation is 3. The number of amides is 1. The van der Waals surface area contributed by atoms with Crippen LogP contribution in [-0.2, 0) is 11.8 Å². The molecule has 0 bridgehead atoms. The van der Waals surface area contributed by atoms with Crippen LogP contribution in [0.5, 0.6) is 0 Å². The first kappa shape index (κ1) is 20.3. The average molecular weight is 441 g/mol. The molecule has 10 heteroatoms. The lowest BCUT2D eigenvalue weighted by molar-refractivity contribution is -0.114. The van der Waals surface area contributed by atoms with Gasteiger partial charge in [0.15, 0.2) is 11.0 Å². The zero-order chi connectivity index (χ0) is 21.4. The predicted molar refractivity (Wildman–Crippen MR) is 120 cm³/mol. The van der Waals surface area contributed by atoms with Crippen molar-refractivity contribution in [2.45, 2.75) is 25.9 Å². The van der Waals surface area contributed by atoms with Crippen LogP contribution in [0.1, 0.15) is 16.0 Å². The van der Waals surface area contributed by atoms with Gasteiger partial charge in [-0.05, 0) is 32.4 Å².